The zero-order valence-electron chi connectivity index (χ0n) is 17.1. The minimum Gasteiger partial charge on any atom is -0.495 e. The molecule has 0 unspecified atom stereocenters. The van der Waals surface area contributed by atoms with Gasteiger partial charge in [-0.25, -0.2) is 9.18 Å². The SMILES string of the molecule is COc1cc(OC)c(NC(=O)COC(=O)c2c(-c3c(F)cccc3Cl)noc2C)cc1Cl. The number of ether oxygens (including phenoxy) is 3. The van der Waals surface area contributed by atoms with Gasteiger partial charge in [0.25, 0.3) is 5.91 Å². The van der Waals surface area contributed by atoms with E-state index >= 15 is 0 Å². The molecule has 11 heteroatoms. The van der Waals surface area contributed by atoms with Crippen LogP contribution in [0.5, 0.6) is 11.5 Å². The van der Waals surface area contributed by atoms with Crippen molar-refractivity contribution in [3.05, 3.63) is 57.5 Å². The number of anilines is 1. The number of aryl methyl sites for hydroxylation is 1. The largest absolute Gasteiger partial charge is 0.495 e. The molecular formula is C21H17Cl2FN2O6. The van der Waals surface area contributed by atoms with Crippen LogP contribution in [0.15, 0.2) is 34.9 Å². The summed E-state index contributed by atoms with van der Waals surface area (Å²) in [6.45, 7) is 0.798. The normalized spacial score (nSPS) is 10.6. The van der Waals surface area contributed by atoms with Gasteiger partial charge >= 0.3 is 5.97 Å². The number of nitrogens with zero attached hydrogens (tertiary/aromatic N) is 1. The van der Waals surface area contributed by atoms with Crippen LogP contribution in [-0.2, 0) is 9.53 Å². The van der Waals surface area contributed by atoms with Crippen LogP contribution in [0.25, 0.3) is 11.3 Å². The minimum atomic E-state index is -0.937. The maximum atomic E-state index is 14.3. The summed E-state index contributed by atoms with van der Waals surface area (Å²) in [6, 6.07) is 6.95. The van der Waals surface area contributed by atoms with Crippen molar-refractivity contribution in [2.24, 2.45) is 0 Å². The topological polar surface area (TPSA) is 99.9 Å². The van der Waals surface area contributed by atoms with Crippen LogP contribution in [0.4, 0.5) is 10.1 Å². The molecule has 1 N–H and O–H groups in total. The van der Waals surface area contributed by atoms with Crippen LogP contribution in [0, 0.1) is 12.7 Å². The lowest BCUT2D eigenvalue weighted by molar-refractivity contribution is -0.119. The summed E-state index contributed by atoms with van der Waals surface area (Å²) in [4.78, 5) is 25.0. The number of amides is 1. The van der Waals surface area contributed by atoms with Gasteiger partial charge in [0.2, 0.25) is 0 Å². The van der Waals surface area contributed by atoms with E-state index in [1.165, 1.54) is 51.5 Å². The molecule has 0 aliphatic carbocycles. The molecular weight excluding hydrogens is 466 g/mol. The van der Waals surface area contributed by atoms with Gasteiger partial charge in [-0.2, -0.15) is 0 Å². The zero-order chi connectivity index (χ0) is 23.4. The van der Waals surface area contributed by atoms with E-state index in [2.05, 4.69) is 10.5 Å². The highest BCUT2D eigenvalue weighted by atomic mass is 35.5. The Labute approximate surface area is 192 Å². The third-order valence-corrected chi connectivity index (χ3v) is 4.96. The van der Waals surface area contributed by atoms with Crippen molar-refractivity contribution in [2.45, 2.75) is 6.92 Å². The Bertz CT molecular complexity index is 1160. The molecule has 0 atom stereocenters. The summed E-state index contributed by atoms with van der Waals surface area (Å²) in [5.41, 5.74) is -0.131. The molecule has 8 nitrogen and oxygen atoms in total. The number of nitrogens with one attached hydrogen (secondary N) is 1. The fourth-order valence-electron chi connectivity index (χ4n) is 2.85. The number of aromatic nitrogens is 1. The van der Waals surface area contributed by atoms with Gasteiger partial charge in [-0.15, -0.1) is 0 Å². The summed E-state index contributed by atoms with van der Waals surface area (Å²) >= 11 is 12.1. The van der Waals surface area contributed by atoms with Gasteiger partial charge in [0, 0.05) is 6.07 Å². The maximum absolute atomic E-state index is 14.3. The standard InChI is InChI=1S/C21H17Cl2FN2O6/c1-10-18(20(26-32-10)19-11(22)5-4-6-13(19)24)21(28)31-9-17(27)25-14-7-12(23)15(29-2)8-16(14)30-3/h4-8H,9H2,1-3H3,(H,25,27). The fraction of sp³-hybridized carbons (Fsp3) is 0.190. The smallest absolute Gasteiger partial charge is 0.344 e. The van der Waals surface area contributed by atoms with Crippen LogP contribution in [0.1, 0.15) is 16.1 Å². The van der Waals surface area contributed by atoms with Gasteiger partial charge < -0.3 is 24.1 Å². The Balaban J connectivity index is 1.76. The quantitative estimate of drug-likeness (QED) is 0.477. The highest BCUT2D eigenvalue weighted by Gasteiger charge is 2.27. The lowest BCUT2D eigenvalue weighted by Gasteiger charge is -2.13. The second-order valence-corrected chi connectivity index (χ2v) is 7.18. The predicted molar refractivity (Wildman–Crippen MR) is 115 cm³/mol. The Hall–Kier alpha value is -3.30. The molecule has 0 fully saturated rings. The number of hydrogen-bond donors (Lipinski definition) is 1. The van der Waals surface area contributed by atoms with E-state index in [4.69, 9.17) is 41.9 Å². The first-order chi connectivity index (χ1) is 15.3. The second kappa shape index (κ2) is 9.88. The molecule has 3 rings (SSSR count). The average Bonchev–Trinajstić information content (AvgIpc) is 3.13. The van der Waals surface area contributed by atoms with E-state index < -0.39 is 24.3 Å². The molecule has 1 amide bonds. The highest BCUT2D eigenvalue weighted by Crippen LogP contribution is 2.36. The summed E-state index contributed by atoms with van der Waals surface area (Å²) in [5.74, 6) is -1.58. The monoisotopic (exact) mass is 482 g/mol. The van der Waals surface area contributed by atoms with Crippen LogP contribution >= 0.6 is 23.2 Å². The Morgan fingerprint density at radius 2 is 1.84 bits per heavy atom. The molecule has 32 heavy (non-hydrogen) atoms. The summed E-state index contributed by atoms with van der Waals surface area (Å²) in [7, 11) is 2.84. The molecule has 0 aliphatic rings. The van der Waals surface area contributed by atoms with Crippen LogP contribution in [0.3, 0.4) is 0 Å². The van der Waals surface area contributed by atoms with E-state index in [0.717, 1.165) is 0 Å². The minimum absolute atomic E-state index is 0.0357. The van der Waals surface area contributed by atoms with E-state index in [1.54, 1.807) is 0 Å². The third-order valence-electron chi connectivity index (χ3n) is 4.35. The predicted octanol–water partition coefficient (Wildman–Crippen LogP) is 4.91. The summed E-state index contributed by atoms with van der Waals surface area (Å²) in [6.07, 6.45) is 0. The van der Waals surface area contributed by atoms with E-state index in [0.29, 0.717) is 5.75 Å². The molecule has 2 aromatic carbocycles. The first-order valence-corrected chi connectivity index (χ1v) is 9.81. The molecule has 0 spiro atoms. The Morgan fingerprint density at radius 3 is 2.50 bits per heavy atom. The van der Waals surface area contributed by atoms with Crippen molar-refractivity contribution in [3.8, 4) is 22.8 Å². The molecule has 0 bridgehead atoms. The van der Waals surface area contributed by atoms with Crippen molar-refractivity contribution in [1.29, 1.82) is 0 Å². The van der Waals surface area contributed by atoms with Crippen molar-refractivity contribution < 1.29 is 32.7 Å². The lowest BCUT2D eigenvalue weighted by Crippen LogP contribution is -2.21. The number of hydrogen-bond acceptors (Lipinski definition) is 7. The van der Waals surface area contributed by atoms with Crippen molar-refractivity contribution in [2.75, 3.05) is 26.1 Å². The van der Waals surface area contributed by atoms with Gasteiger partial charge in [-0.3, -0.25) is 4.79 Å². The third kappa shape index (κ3) is 4.79. The van der Waals surface area contributed by atoms with Crippen LogP contribution in [0.2, 0.25) is 10.0 Å². The molecule has 0 aliphatic heterocycles. The van der Waals surface area contributed by atoms with Gasteiger partial charge in [0.1, 0.15) is 34.3 Å². The first kappa shape index (κ1) is 23.4. The lowest BCUT2D eigenvalue weighted by atomic mass is 10.1. The Morgan fingerprint density at radius 1 is 1.12 bits per heavy atom. The molecule has 1 aromatic heterocycles. The molecule has 168 valence electrons. The fourth-order valence-corrected chi connectivity index (χ4v) is 3.35. The number of halogens is 3. The summed E-state index contributed by atoms with van der Waals surface area (Å²) in [5, 5.41) is 6.54. The molecule has 0 saturated heterocycles. The number of carbonyl (C=O) groups excluding carboxylic acids is 2. The van der Waals surface area contributed by atoms with Crippen molar-refractivity contribution in [3.63, 3.8) is 0 Å². The van der Waals surface area contributed by atoms with E-state index in [-0.39, 0.29) is 44.1 Å². The van der Waals surface area contributed by atoms with Crippen molar-refractivity contribution >= 4 is 40.8 Å². The number of carbonyl (C=O) groups is 2. The molecule has 3 aromatic rings. The van der Waals surface area contributed by atoms with Crippen LogP contribution in [-0.4, -0.2) is 37.9 Å². The zero-order valence-corrected chi connectivity index (χ0v) is 18.6. The van der Waals surface area contributed by atoms with E-state index in [9.17, 15) is 14.0 Å². The summed E-state index contributed by atoms with van der Waals surface area (Å²) < 4.78 is 34.7. The average molecular weight is 483 g/mol. The number of esters is 1. The Kier molecular flexibility index (Phi) is 7.22. The van der Waals surface area contributed by atoms with Crippen LogP contribution < -0.4 is 14.8 Å². The van der Waals surface area contributed by atoms with E-state index in [1.807, 2.05) is 0 Å². The van der Waals surface area contributed by atoms with Crippen molar-refractivity contribution in [1.82, 2.24) is 5.16 Å². The van der Waals surface area contributed by atoms with Gasteiger partial charge in [0.15, 0.2) is 6.61 Å². The number of methoxy groups -OCH3 is 2. The molecule has 0 saturated carbocycles. The molecule has 1 heterocycles. The number of benzene rings is 2. The van der Waals surface area contributed by atoms with Gasteiger partial charge in [0.05, 0.1) is 35.5 Å². The second-order valence-electron chi connectivity index (χ2n) is 6.37. The molecule has 0 radical (unpaired) electrons. The van der Waals surface area contributed by atoms with Gasteiger partial charge in [-0.1, -0.05) is 34.4 Å². The highest BCUT2D eigenvalue weighted by molar-refractivity contribution is 6.33. The van der Waals surface area contributed by atoms with Gasteiger partial charge in [-0.05, 0) is 25.1 Å². The maximum Gasteiger partial charge on any atom is 0.344 e. The first-order valence-electron chi connectivity index (χ1n) is 9.06. The number of rotatable bonds is 7.